The molecule has 2 N–H and O–H groups in total. The lowest BCUT2D eigenvalue weighted by Gasteiger charge is -2.34. The van der Waals surface area contributed by atoms with Crippen molar-refractivity contribution in [3.8, 4) is 5.75 Å². The second-order valence-corrected chi connectivity index (χ2v) is 7.23. The van der Waals surface area contributed by atoms with E-state index in [-0.39, 0.29) is 17.2 Å². The second kappa shape index (κ2) is 8.26. The number of carboxylic acid groups (broad SMARTS) is 1. The Morgan fingerprint density at radius 2 is 1.69 bits per heavy atom. The van der Waals surface area contributed by atoms with Gasteiger partial charge in [-0.2, -0.15) is 0 Å². The molecule has 0 aliphatic carbocycles. The fourth-order valence-corrected chi connectivity index (χ4v) is 3.70. The zero-order valence-corrected chi connectivity index (χ0v) is 16.2. The van der Waals surface area contributed by atoms with E-state index in [0.29, 0.717) is 17.6 Å². The predicted molar refractivity (Wildman–Crippen MR) is 106 cm³/mol. The quantitative estimate of drug-likeness (QED) is 0.711. The summed E-state index contributed by atoms with van der Waals surface area (Å²) >= 11 is 0. The van der Waals surface area contributed by atoms with Crippen LogP contribution in [0.4, 0.5) is 5.69 Å². The zero-order chi connectivity index (χ0) is 19.4. The number of carbonyl (C=O) groups is 1. The van der Waals surface area contributed by atoms with Crippen molar-refractivity contribution in [2.24, 2.45) is 0 Å². The highest BCUT2D eigenvalue weighted by molar-refractivity contribution is 5.88. The van der Waals surface area contributed by atoms with Crippen LogP contribution in [0.2, 0.25) is 0 Å². The smallest absolute Gasteiger partial charge is 0.335 e. The molecule has 0 aromatic heterocycles. The van der Waals surface area contributed by atoms with Crippen LogP contribution in [0.3, 0.4) is 0 Å². The van der Waals surface area contributed by atoms with Gasteiger partial charge in [-0.15, -0.1) is 0 Å². The molecule has 0 bridgehead atoms. The van der Waals surface area contributed by atoms with Gasteiger partial charge in [-0.05, 0) is 70.0 Å². The van der Waals surface area contributed by atoms with Gasteiger partial charge in [0.05, 0.1) is 5.56 Å². The van der Waals surface area contributed by atoms with Gasteiger partial charge in [0, 0.05) is 29.3 Å². The maximum Gasteiger partial charge on any atom is 0.335 e. The third-order valence-electron chi connectivity index (χ3n) is 4.74. The average Bonchev–Trinajstić information content (AvgIpc) is 2.56. The Bertz CT molecular complexity index is 760. The number of hydrogen-bond acceptors (Lipinski definition) is 3. The monoisotopic (exact) mass is 355 g/mol. The summed E-state index contributed by atoms with van der Waals surface area (Å²) in [6, 6.07) is 13.6. The Balaban J connectivity index is 2.50. The van der Waals surface area contributed by atoms with E-state index in [1.807, 2.05) is 19.1 Å². The highest BCUT2D eigenvalue weighted by Gasteiger charge is 2.20. The molecule has 0 unspecified atom stereocenters. The minimum atomic E-state index is -0.986. The van der Waals surface area contributed by atoms with Crippen molar-refractivity contribution in [3.05, 3.63) is 59.2 Å². The lowest BCUT2D eigenvalue weighted by Crippen LogP contribution is -2.37. The summed E-state index contributed by atoms with van der Waals surface area (Å²) in [4.78, 5) is 13.7. The first-order valence-electron chi connectivity index (χ1n) is 9.20. The van der Waals surface area contributed by atoms with Crippen molar-refractivity contribution in [2.75, 3.05) is 4.90 Å². The zero-order valence-electron chi connectivity index (χ0n) is 16.2. The molecule has 0 fully saturated rings. The van der Waals surface area contributed by atoms with Crippen molar-refractivity contribution in [1.82, 2.24) is 0 Å². The summed E-state index contributed by atoms with van der Waals surface area (Å²) in [5, 5.41) is 19.6. The van der Waals surface area contributed by atoms with Gasteiger partial charge in [0.15, 0.2) is 0 Å². The second-order valence-electron chi connectivity index (χ2n) is 7.23. The molecule has 0 aliphatic rings. The van der Waals surface area contributed by atoms with Crippen molar-refractivity contribution < 1.29 is 15.0 Å². The molecule has 140 valence electrons. The van der Waals surface area contributed by atoms with Crippen LogP contribution < -0.4 is 4.90 Å². The molecule has 0 heterocycles. The van der Waals surface area contributed by atoms with Gasteiger partial charge in [-0.1, -0.05) is 19.1 Å². The number of carboxylic acids is 1. The third kappa shape index (κ3) is 4.18. The lowest BCUT2D eigenvalue weighted by molar-refractivity contribution is 0.0696. The Morgan fingerprint density at radius 1 is 1.04 bits per heavy atom. The van der Waals surface area contributed by atoms with Crippen molar-refractivity contribution in [1.29, 1.82) is 0 Å². The van der Waals surface area contributed by atoms with Crippen LogP contribution in [0.25, 0.3) is 0 Å². The molecule has 2 rings (SSSR count). The fourth-order valence-electron chi connectivity index (χ4n) is 3.70. The number of aromatic hydroxyl groups is 1. The standard InChI is InChI=1S/C22H29NO3/c1-6-19(20-13-17(22(25)26)10-11-21(20)24)16-8-7-9-18(12-16)23(14(2)3)15(4)5/h7-15,19,24H,6H2,1-5H3,(H,25,26)/t19-/m1/s1. The normalized spacial score (nSPS) is 12.4. The molecule has 0 spiro atoms. The molecular weight excluding hydrogens is 326 g/mol. The van der Waals surface area contributed by atoms with E-state index >= 15 is 0 Å². The number of hydrogen-bond donors (Lipinski definition) is 2. The maximum absolute atomic E-state index is 11.3. The molecule has 1 atom stereocenters. The Hall–Kier alpha value is -2.49. The summed E-state index contributed by atoms with van der Waals surface area (Å²) in [6.07, 6.45) is 0.767. The predicted octanol–water partition coefficient (Wildman–Crippen LogP) is 5.26. The average molecular weight is 355 g/mol. The van der Waals surface area contributed by atoms with Crippen molar-refractivity contribution in [3.63, 3.8) is 0 Å². The number of rotatable bonds is 7. The van der Waals surface area contributed by atoms with E-state index in [4.69, 9.17) is 0 Å². The van der Waals surface area contributed by atoms with Crippen molar-refractivity contribution >= 4 is 11.7 Å². The van der Waals surface area contributed by atoms with E-state index in [9.17, 15) is 15.0 Å². The van der Waals surface area contributed by atoms with Crippen LogP contribution in [-0.2, 0) is 0 Å². The van der Waals surface area contributed by atoms with Crippen LogP contribution in [0.5, 0.6) is 5.75 Å². The summed E-state index contributed by atoms with van der Waals surface area (Å²) in [7, 11) is 0. The van der Waals surface area contributed by atoms with Crippen molar-refractivity contribution in [2.45, 2.75) is 59.0 Å². The Morgan fingerprint density at radius 3 is 2.23 bits per heavy atom. The molecule has 0 aliphatic heterocycles. The molecule has 2 aromatic rings. The lowest BCUT2D eigenvalue weighted by atomic mass is 9.87. The molecule has 0 amide bonds. The number of nitrogens with zero attached hydrogens (tertiary/aromatic N) is 1. The third-order valence-corrected chi connectivity index (χ3v) is 4.74. The summed E-state index contributed by atoms with van der Waals surface area (Å²) in [5.41, 5.74) is 3.07. The molecule has 0 saturated carbocycles. The van der Waals surface area contributed by atoms with Gasteiger partial charge in [0.2, 0.25) is 0 Å². The van der Waals surface area contributed by atoms with Gasteiger partial charge in [0.25, 0.3) is 0 Å². The summed E-state index contributed by atoms with van der Waals surface area (Å²) in [6.45, 7) is 10.7. The van der Waals surface area contributed by atoms with Gasteiger partial charge in [-0.25, -0.2) is 4.79 Å². The van der Waals surface area contributed by atoms with E-state index in [1.54, 1.807) is 6.07 Å². The Labute approximate surface area is 156 Å². The minimum absolute atomic E-state index is 0.0598. The van der Waals surface area contributed by atoms with E-state index in [0.717, 1.165) is 17.7 Å². The number of anilines is 1. The molecule has 0 radical (unpaired) electrons. The highest BCUT2D eigenvalue weighted by Crippen LogP contribution is 2.36. The molecular formula is C22H29NO3. The van der Waals surface area contributed by atoms with Gasteiger partial charge >= 0.3 is 5.97 Å². The fraction of sp³-hybridized carbons (Fsp3) is 0.409. The van der Waals surface area contributed by atoms with Crippen LogP contribution in [0.1, 0.15) is 68.4 Å². The van der Waals surface area contributed by atoms with E-state index < -0.39 is 5.97 Å². The maximum atomic E-state index is 11.3. The van der Waals surface area contributed by atoms with Crippen LogP contribution in [-0.4, -0.2) is 28.3 Å². The van der Waals surface area contributed by atoms with Crippen LogP contribution in [0, 0.1) is 0 Å². The number of phenols is 1. The van der Waals surface area contributed by atoms with Gasteiger partial charge in [0.1, 0.15) is 5.75 Å². The van der Waals surface area contributed by atoms with Gasteiger partial charge < -0.3 is 15.1 Å². The number of benzene rings is 2. The minimum Gasteiger partial charge on any atom is -0.508 e. The first kappa shape index (κ1) is 19.8. The molecule has 0 saturated heterocycles. The molecule has 26 heavy (non-hydrogen) atoms. The molecule has 2 aromatic carbocycles. The first-order chi connectivity index (χ1) is 12.3. The van der Waals surface area contributed by atoms with Crippen LogP contribution >= 0.6 is 0 Å². The first-order valence-corrected chi connectivity index (χ1v) is 9.20. The molecule has 4 nitrogen and oxygen atoms in total. The van der Waals surface area contributed by atoms with Gasteiger partial charge in [-0.3, -0.25) is 0 Å². The van der Waals surface area contributed by atoms with E-state index in [2.05, 4.69) is 44.7 Å². The summed E-state index contributed by atoms with van der Waals surface area (Å²) < 4.78 is 0. The largest absolute Gasteiger partial charge is 0.508 e. The topological polar surface area (TPSA) is 60.8 Å². The van der Waals surface area contributed by atoms with E-state index in [1.165, 1.54) is 12.1 Å². The summed E-state index contributed by atoms with van der Waals surface area (Å²) in [5.74, 6) is -0.909. The van der Waals surface area contributed by atoms with Crippen LogP contribution in [0.15, 0.2) is 42.5 Å². The number of phenolic OH excluding ortho intramolecular Hbond substituents is 1. The Kier molecular flexibility index (Phi) is 6.30. The SMILES string of the molecule is CC[C@H](c1cccc(N(C(C)C)C(C)C)c1)c1cc(C(=O)O)ccc1O. The molecule has 4 heteroatoms. The number of aromatic carboxylic acids is 1. The highest BCUT2D eigenvalue weighted by atomic mass is 16.4.